The summed E-state index contributed by atoms with van der Waals surface area (Å²) in [5.41, 5.74) is 2.89. The minimum Gasteiger partial charge on any atom is -0.480 e. The highest BCUT2D eigenvalue weighted by Crippen LogP contribution is 2.33. The maximum atomic E-state index is 13.2. The van der Waals surface area contributed by atoms with Gasteiger partial charge in [-0.05, 0) is 12.1 Å². The Kier molecular flexibility index (Phi) is 4.00. The number of alkyl halides is 2. The molecule has 4 rings (SSSR count). The van der Waals surface area contributed by atoms with Gasteiger partial charge in [0.05, 0.1) is 24.5 Å². The van der Waals surface area contributed by atoms with Crippen LogP contribution in [0.5, 0.6) is 5.88 Å². The van der Waals surface area contributed by atoms with Crippen LogP contribution in [0.3, 0.4) is 0 Å². The number of rotatable bonds is 4. The molecule has 0 bridgehead atoms. The first-order chi connectivity index (χ1) is 12.7. The highest BCUT2D eigenvalue weighted by Gasteiger charge is 2.16. The van der Waals surface area contributed by atoms with E-state index in [9.17, 15) is 8.78 Å². The molecule has 1 N–H and O–H groups in total. The Morgan fingerprint density at radius 1 is 1.04 bits per heavy atom. The fraction of sp³-hybridized carbons (Fsp3) is 0.111. The van der Waals surface area contributed by atoms with E-state index >= 15 is 0 Å². The van der Waals surface area contributed by atoms with E-state index in [1.165, 1.54) is 13.2 Å². The van der Waals surface area contributed by atoms with Crippen LogP contribution in [0.4, 0.5) is 8.78 Å². The second-order valence-corrected chi connectivity index (χ2v) is 5.58. The van der Waals surface area contributed by atoms with Crippen molar-refractivity contribution in [1.82, 2.24) is 25.4 Å². The lowest BCUT2D eigenvalue weighted by Gasteiger charge is -2.11. The number of aromatic amines is 1. The van der Waals surface area contributed by atoms with Gasteiger partial charge in [-0.1, -0.05) is 18.2 Å². The summed E-state index contributed by atoms with van der Waals surface area (Å²) >= 11 is 0. The van der Waals surface area contributed by atoms with E-state index in [0.717, 1.165) is 10.9 Å². The fourth-order valence-corrected chi connectivity index (χ4v) is 2.71. The van der Waals surface area contributed by atoms with E-state index in [0.29, 0.717) is 28.2 Å². The van der Waals surface area contributed by atoms with Crippen molar-refractivity contribution in [3.8, 4) is 28.3 Å². The molecule has 0 aliphatic rings. The van der Waals surface area contributed by atoms with E-state index in [2.05, 4.69) is 25.4 Å². The largest absolute Gasteiger partial charge is 0.480 e. The standard InChI is InChI=1S/C18H13F2N5O/c1-26-16-7-10-2-3-11(6-15(10)24-25-16)17-13(12-8-21-22-9-12)4-5-14(23-17)18(19)20/h2-9,18H,1H3,(H,21,22). The molecule has 3 aromatic heterocycles. The average molecular weight is 353 g/mol. The maximum absolute atomic E-state index is 13.2. The summed E-state index contributed by atoms with van der Waals surface area (Å²) < 4.78 is 31.4. The highest BCUT2D eigenvalue weighted by molar-refractivity contribution is 5.88. The van der Waals surface area contributed by atoms with Crippen LogP contribution in [0, 0.1) is 0 Å². The first-order valence-corrected chi connectivity index (χ1v) is 7.76. The smallest absolute Gasteiger partial charge is 0.280 e. The second kappa shape index (κ2) is 6.47. The number of nitrogens with one attached hydrogen (secondary N) is 1. The Morgan fingerprint density at radius 3 is 2.65 bits per heavy atom. The van der Waals surface area contributed by atoms with Crippen molar-refractivity contribution in [3.05, 3.63) is 54.5 Å². The molecule has 130 valence electrons. The van der Waals surface area contributed by atoms with Gasteiger partial charge in [0.15, 0.2) is 0 Å². The van der Waals surface area contributed by atoms with E-state index in [1.54, 1.807) is 30.6 Å². The van der Waals surface area contributed by atoms with Gasteiger partial charge in [0.1, 0.15) is 5.69 Å². The molecule has 26 heavy (non-hydrogen) atoms. The zero-order chi connectivity index (χ0) is 18.1. The van der Waals surface area contributed by atoms with Crippen molar-refractivity contribution in [2.24, 2.45) is 0 Å². The molecular weight excluding hydrogens is 340 g/mol. The Labute approximate surface area is 146 Å². The zero-order valence-corrected chi connectivity index (χ0v) is 13.6. The third-order valence-electron chi connectivity index (χ3n) is 4.00. The van der Waals surface area contributed by atoms with Crippen LogP contribution in [0.2, 0.25) is 0 Å². The normalized spacial score (nSPS) is 11.2. The quantitative estimate of drug-likeness (QED) is 0.599. The molecule has 0 atom stereocenters. The van der Waals surface area contributed by atoms with Gasteiger partial charge in [0.2, 0.25) is 5.88 Å². The summed E-state index contributed by atoms with van der Waals surface area (Å²) in [5, 5.41) is 15.5. The van der Waals surface area contributed by atoms with Gasteiger partial charge in [-0.15, -0.1) is 10.2 Å². The van der Waals surface area contributed by atoms with Crippen molar-refractivity contribution in [2.45, 2.75) is 6.43 Å². The third kappa shape index (κ3) is 2.85. The van der Waals surface area contributed by atoms with E-state index in [4.69, 9.17) is 4.74 Å². The van der Waals surface area contributed by atoms with E-state index < -0.39 is 6.43 Å². The number of H-pyrrole nitrogens is 1. The predicted molar refractivity (Wildman–Crippen MR) is 91.9 cm³/mol. The maximum Gasteiger partial charge on any atom is 0.280 e. The second-order valence-electron chi connectivity index (χ2n) is 5.58. The number of nitrogens with zero attached hydrogens (tertiary/aromatic N) is 4. The number of ether oxygens (including phenoxy) is 1. The average Bonchev–Trinajstić information content (AvgIpc) is 3.21. The molecule has 4 aromatic rings. The number of methoxy groups -OCH3 is 1. The zero-order valence-electron chi connectivity index (χ0n) is 13.6. The minimum atomic E-state index is -2.66. The molecule has 8 heteroatoms. The summed E-state index contributed by atoms with van der Waals surface area (Å²) in [7, 11) is 1.52. The number of benzene rings is 1. The van der Waals surface area contributed by atoms with Crippen LogP contribution in [0.15, 0.2) is 48.8 Å². The van der Waals surface area contributed by atoms with Crippen LogP contribution >= 0.6 is 0 Å². The third-order valence-corrected chi connectivity index (χ3v) is 4.00. The molecule has 0 aliphatic heterocycles. The molecule has 6 nitrogen and oxygen atoms in total. The molecule has 0 unspecified atom stereocenters. The first kappa shape index (κ1) is 16.1. The first-order valence-electron chi connectivity index (χ1n) is 7.76. The lowest BCUT2D eigenvalue weighted by molar-refractivity contribution is 0.146. The van der Waals surface area contributed by atoms with Crippen molar-refractivity contribution < 1.29 is 13.5 Å². The molecule has 1 aromatic carbocycles. The van der Waals surface area contributed by atoms with Crippen molar-refractivity contribution in [1.29, 1.82) is 0 Å². The number of aromatic nitrogens is 5. The van der Waals surface area contributed by atoms with Gasteiger partial charge in [-0.25, -0.2) is 13.8 Å². The summed E-state index contributed by atoms with van der Waals surface area (Å²) in [6.45, 7) is 0. The molecular formula is C18H13F2N5O. The lowest BCUT2D eigenvalue weighted by atomic mass is 10.00. The Morgan fingerprint density at radius 2 is 1.92 bits per heavy atom. The molecule has 0 spiro atoms. The number of halogens is 2. The Bertz CT molecular complexity index is 1070. The number of hydrogen-bond donors (Lipinski definition) is 1. The molecule has 0 amide bonds. The van der Waals surface area contributed by atoms with Crippen molar-refractivity contribution in [3.63, 3.8) is 0 Å². The van der Waals surface area contributed by atoms with Crippen molar-refractivity contribution in [2.75, 3.05) is 7.11 Å². The van der Waals surface area contributed by atoms with Crippen LogP contribution in [0.25, 0.3) is 33.3 Å². The monoisotopic (exact) mass is 353 g/mol. The number of hydrogen-bond acceptors (Lipinski definition) is 5. The van der Waals surface area contributed by atoms with Crippen LogP contribution in [0.1, 0.15) is 12.1 Å². The number of fused-ring (bicyclic) bond motifs is 1. The molecule has 0 radical (unpaired) electrons. The van der Waals surface area contributed by atoms with Gasteiger partial charge < -0.3 is 4.74 Å². The van der Waals surface area contributed by atoms with E-state index in [-0.39, 0.29) is 5.69 Å². The van der Waals surface area contributed by atoms with E-state index in [1.807, 2.05) is 12.1 Å². The summed E-state index contributed by atoms with van der Waals surface area (Å²) in [4.78, 5) is 4.17. The Balaban J connectivity index is 1.90. The lowest BCUT2D eigenvalue weighted by Crippen LogP contribution is -1.96. The molecule has 0 aliphatic carbocycles. The van der Waals surface area contributed by atoms with Crippen LogP contribution in [-0.4, -0.2) is 32.5 Å². The Hall–Kier alpha value is -3.42. The molecule has 0 fully saturated rings. The van der Waals surface area contributed by atoms with Crippen LogP contribution in [-0.2, 0) is 0 Å². The van der Waals surface area contributed by atoms with Gasteiger partial charge in [-0.2, -0.15) is 5.10 Å². The SMILES string of the molecule is COc1cc2ccc(-c3nc(C(F)F)ccc3-c3cn[nH]c3)cc2nn1. The van der Waals surface area contributed by atoms with Gasteiger partial charge in [0, 0.05) is 34.3 Å². The predicted octanol–water partition coefficient (Wildman–Crippen LogP) is 4.03. The summed E-state index contributed by atoms with van der Waals surface area (Å²) in [5.74, 6) is 0.405. The van der Waals surface area contributed by atoms with Crippen molar-refractivity contribution >= 4 is 10.9 Å². The molecule has 3 heterocycles. The fourth-order valence-electron chi connectivity index (χ4n) is 2.71. The van der Waals surface area contributed by atoms with Gasteiger partial charge >= 0.3 is 0 Å². The minimum absolute atomic E-state index is 0.284. The topological polar surface area (TPSA) is 76.6 Å². The molecule has 0 saturated carbocycles. The van der Waals surface area contributed by atoms with Crippen LogP contribution < -0.4 is 4.74 Å². The van der Waals surface area contributed by atoms with Gasteiger partial charge in [0.25, 0.3) is 6.43 Å². The summed E-state index contributed by atoms with van der Waals surface area (Å²) in [6, 6.07) is 10.1. The van der Waals surface area contributed by atoms with Gasteiger partial charge in [-0.3, -0.25) is 5.10 Å². The summed E-state index contributed by atoms with van der Waals surface area (Å²) in [6.07, 6.45) is 0.652. The highest BCUT2D eigenvalue weighted by atomic mass is 19.3. The molecule has 0 saturated heterocycles. The number of pyridine rings is 1.